The van der Waals surface area contributed by atoms with Crippen molar-refractivity contribution in [2.45, 2.75) is 13.0 Å². The first kappa shape index (κ1) is 19.2. The monoisotopic (exact) mass is 378 g/mol. The summed E-state index contributed by atoms with van der Waals surface area (Å²) in [7, 11) is 0. The van der Waals surface area contributed by atoms with Crippen molar-refractivity contribution in [3.63, 3.8) is 0 Å². The standard InChI is InChI=1S/C17H16ClFN4O3/c1-9(15(24)23-14-5-3-2-4-13(14)20)21-16(25)17(26)22-10-6-7-11(18)12(19)8-10/h2-9H,20H2,1H3,(H,21,25)(H,22,26)(H,23,24). The van der Waals surface area contributed by atoms with E-state index < -0.39 is 29.6 Å². The van der Waals surface area contributed by atoms with E-state index >= 15 is 0 Å². The maximum absolute atomic E-state index is 13.3. The van der Waals surface area contributed by atoms with Gasteiger partial charge in [-0.05, 0) is 37.3 Å². The van der Waals surface area contributed by atoms with Gasteiger partial charge < -0.3 is 21.7 Å². The molecule has 0 fully saturated rings. The maximum Gasteiger partial charge on any atom is 0.313 e. The van der Waals surface area contributed by atoms with Crippen molar-refractivity contribution in [1.82, 2.24) is 5.32 Å². The smallest absolute Gasteiger partial charge is 0.313 e. The summed E-state index contributed by atoms with van der Waals surface area (Å²) in [4.78, 5) is 35.8. The number of nitrogens with two attached hydrogens (primary N) is 1. The van der Waals surface area contributed by atoms with Crippen molar-refractivity contribution >= 4 is 46.4 Å². The number of hydrogen-bond acceptors (Lipinski definition) is 4. The highest BCUT2D eigenvalue weighted by atomic mass is 35.5. The van der Waals surface area contributed by atoms with E-state index in [1.807, 2.05) is 0 Å². The van der Waals surface area contributed by atoms with Gasteiger partial charge in [-0.2, -0.15) is 0 Å². The quantitative estimate of drug-likeness (QED) is 0.482. The second-order valence-corrected chi connectivity index (χ2v) is 5.76. The molecule has 9 heteroatoms. The van der Waals surface area contributed by atoms with E-state index in [1.54, 1.807) is 24.3 Å². The SMILES string of the molecule is CC(NC(=O)C(=O)Nc1ccc(Cl)c(F)c1)C(=O)Nc1ccccc1N. The lowest BCUT2D eigenvalue weighted by atomic mass is 10.2. The van der Waals surface area contributed by atoms with Crippen molar-refractivity contribution in [3.8, 4) is 0 Å². The number of benzene rings is 2. The lowest BCUT2D eigenvalue weighted by Gasteiger charge is -2.15. The first-order valence-corrected chi connectivity index (χ1v) is 7.88. The first-order valence-electron chi connectivity index (χ1n) is 7.50. The van der Waals surface area contributed by atoms with Gasteiger partial charge in [0.25, 0.3) is 0 Å². The third-order valence-corrected chi connectivity index (χ3v) is 3.65. The van der Waals surface area contributed by atoms with Gasteiger partial charge in [-0.3, -0.25) is 14.4 Å². The maximum atomic E-state index is 13.3. The number of carbonyl (C=O) groups excluding carboxylic acids is 3. The summed E-state index contributed by atoms with van der Waals surface area (Å²) in [5, 5.41) is 6.88. The average Bonchev–Trinajstić information content (AvgIpc) is 2.60. The summed E-state index contributed by atoms with van der Waals surface area (Å²) < 4.78 is 13.3. The number of hydrogen-bond donors (Lipinski definition) is 4. The molecule has 0 aromatic heterocycles. The molecule has 0 aliphatic carbocycles. The number of carbonyl (C=O) groups is 3. The molecule has 1 atom stereocenters. The van der Waals surface area contributed by atoms with Crippen LogP contribution in [0.25, 0.3) is 0 Å². The average molecular weight is 379 g/mol. The zero-order valence-electron chi connectivity index (χ0n) is 13.7. The molecule has 3 amide bonds. The highest BCUT2D eigenvalue weighted by molar-refractivity contribution is 6.40. The zero-order valence-corrected chi connectivity index (χ0v) is 14.4. The molecule has 0 aliphatic rings. The molecular formula is C17H16ClFN4O3. The van der Waals surface area contributed by atoms with Crippen molar-refractivity contribution in [1.29, 1.82) is 0 Å². The number of rotatable bonds is 4. The summed E-state index contributed by atoms with van der Waals surface area (Å²) in [5.74, 6) is -3.39. The molecule has 0 spiro atoms. The third kappa shape index (κ3) is 4.93. The first-order chi connectivity index (χ1) is 12.3. The fraction of sp³-hybridized carbons (Fsp3) is 0.118. The highest BCUT2D eigenvalue weighted by Gasteiger charge is 2.21. The van der Waals surface area contributed by atoms with Crippen LogP contribution in [0.1, 0.15) is 6.92 Å². The van der Waals surface area contributed by atoms with Crippen LogP contribution in [0.5, 0.6) is 0 Å². The minimum atomic E-state index is -1.05. The second kappa shape index (κ2) is 8.30. The van der Waals surface area contributed by atoms with Gasteiger partial charge in [0.05, 0.1) is 16.4 Å². The molecule has 26 heavy (non-hydrogen) atoms. The Kier molecular flexibility index (Phi) is 6.13. The lowest BCUT2D eigenvalue weighted by molar-refractivity contribution is -0.137. The van der Waals surface area contributed by atoms with E-state index in [4.69, 9.17) is 17.3 Å². The lowest BCUT2D eigenvalue weighted by Crippen LogP contribution is -2.46. The number of amides is 3. The number of nitrogen functional groups attached to an aromatic ring is 1. The fourth-order valence-electron chi connectivity index (χ4n) is 1.94. The second-order valence-electron chi connectivity index (χ2n) is 5.35. The summed E-state index contributed by atoms with van der Waals surface area (Å²) in [6, 6.07) is 9.15. The molecule has 0 saturated heterocycles. The van der Waals surface area contributed by atoms with Gasteiger partial charge in [-0.15, -0.1) is 0 Å². The van der Waals surface area contributed by atoms with Gasteiger partial charge in [0.2, 0.25) is 5.91 Å². The van der Waals surface area contributed by atoms with Crippen LogP contribution >= 0.6 is 11.6 Å². The van der Waals surface area contributed by atoms with Crippen LogP contribution in [0.4, 0.5) is 21.5 Å². The molecule has 1 unspecified atom stereocenters. The molecule has 5 N–H and O–H groups in total. The van der Waals surface area contributed by atoms with Crippen LogP contribution < -0.4 is 21.7 Å². The molecule has 0 bridgehead atoms. The molecule has 2 aromatic rings. The predicted octanol–water partition coefficient (Wildman–Crippen LogP) is 2.14. The summed E-state index contributed by atoms with van der Waals surface area (Å²) in [6.07, 6.45) is 0. The van der Waals surface area contributed by atoms with Crippen molar-refractivity contribution < 1.29 is 18.8 Å². The Labute approximate surface area is 153 Å². The van der Waals surface area contributed by atoms with Crippen LogP contribution in [0.2, 0.25) is 5.02 Å². The van der Waals surface area contributed by atoms with Crippen LogP contribution in [0, 0.1) is 5.82 Å². The largest absolute Gasteiger partial charge is 0.397 e. The normalized spacial score (nSPS) is 11.3. The van der Waals surface area contributed by atoms with Crippen LogP contribution in [-0.2, 0) is 14.4 Å². The van der Waals surface area contributed by atoms with Gasteiger partial charge in [0, 0.05) is 5.69 Å². The molecule has 2 aromatic carbocycles. The zero-order chi connectivity index (χ0) is 19.3. The van der Waals surface area contributed by atoms with E-state index in [-0.39, 0.29) is 10.7 Å². The Morgan fingerprint density at radius 2 is 1.77 bits per heavy atom. The van der Waals surface area contributed by atoms with E-state index in [0.717, 1.165) is 6.07 Å². The van der Waals surface area contributed by atoms with Crippen molar-refractivity contribution in [3.05, 3.63) is 53.3 Å². The summed E-state index contributed by atoms with van der Waals surface area (Å²) >= 11 is 5.54. The molecule has 0 saturated carbocycles. The molecule has 0 heterocycles. The number of halogens is 2. The fourth-order valence-corrected chi connectivity index (χ4v) is 2.06. The third-order valence-electron chi connectivity index (χ3n) is 3.34. The molecule has 0 radical (unpaired) electrons. The molecule has 0 aliphatic heterocycles. The Morgan fingerprint density at radius 3 is 2.42 bits per heavy atom. The molecular weight excluding hydrogens is 363 g/mol. The van der Waals surface area contributed by atoms with Gasteiger partial charge in [0.15, 0.2) is 0 Å². The van der Waals surface area contributed by atoms with E-state index in [0.29, 0.717) is 11.4 Å². The molecule has 7 nitrogen and oxygen atoms in total. The van der Waals surface area contributed by atoms with Crippen molar-refractivity contribution in [2.24, 2.45) is 0 Å². The Hall–Kier alpha value is -3.13. The number of nitrogens with one attached hydrogen (secondary N) is 3. The van der Waals surface area contributed by atoms with Crippen molar-refractivity contribution in [2.75, 3.05) is 16.4 Å². The molecule has 2 rings (SSSR count). The van der Waals surface area contributed by atoms with Crippen LogP contribution in [0.3, 0.4) is 0 Å². The van der Waals surface area contributed by atoms with Crippen LogP contribution in [-0.4, -0.2) is 23.8 Å². The van der Waals surface area contributed by atoms with Gasteiger partial charge in [-0.1, -0.05) is 23.7 Å². The highest BCUT2D eigenvalue weighted by Crippen LogP contribution is 2.19. The van der Waals surface area contributed by atoms with E-state index in [9.17, 15) is 18.8 Å². The predicted molar refractivity (Wildman–Crippen MR) is 97.1 cm³/mol. The Balaban J connectivity index is 1.92. The molecule has 136 valence electrons. The number of para-hydroxylation sites is 2. The Morgan fingerprint density at radius 1 is 1.08 bits per heavy atom. The number of anilines is 3. The minimum Gasteiger partial charge on any atom is -0.397 e. The topological polar surface area (TPSA) is 113 Å². The minimum absolute atomic E-state index is 0.0567. The van der Waals surface area contributed by atoms with Gasteiger partial charge in [-0.25, -0.2) is 4.39 Å². The summed E-state index contributed by atoms with van der Waals surface area (Å²) in [6.45, 7) is 1.40. The van der Waals surface area contributed by atoms with Gasteiger partial charge >= 0.3 is 11.8 Å². The summed E-state index contributed by atoms with van der Waals surface area (Å²) in [5.41, 5.74) is 6.53. The van der Waals surface area contributed by atoms with E-state index in [1.165, 1.54) is 19.1 Å². The van der Waals surface area contributed by atoms with Crippen LogP contribution in [0.15, 0.2) is 42.5 Å². The van der Waals surface area contributed by atoms with Gasteiger partial charge in [0.1, 0.15) is 11.9 Å². The Bertz CT molecular complexity index is 860. The van der Waals surface area contributed by atoms with E-state index in [2.05, 4.69) is 16.0 Å².